The minimum Gasteiger partial charge on any atom is -0.268 e. The van der Waals surface area contributed by atoms with Gasteiger partial charge in [-0.1, -0.05) is 44.5 Å². The van der Waals surface area contributed by atoms with Gasteiger partial charge in [-0.05, 0) is 28.7 Å². The molecule has 2 rings (SSSR count). The summed E-state index contributed by atoms with van der Waals surface area (Å²) in [4.78, 5) is 0. The van der Waals surface area contributed by atoms with Crippen LogP contribution in [0.15, 0.2) is 36.7 Å². The second-order valence-electron chi connectivity index (χ2n) is 5.30. The zero-order chi connectivity index (χ0) is 12.5. The van der Waals surface area contributed by atoms with Crippen molar-refractivity contribution in [3.63, 3.8) is 0 Å². The quantitative estimate of drug-likeness (QED) is 0.789. The predicted molar refractivity (Wildman–Crippen MR) is 71.5 cm³/mol. The Balaban J connectivity index is 2.14. The van der Waals surface area contributed by atoms with E-state index in [9.17, 15) is 0 Å². The summed E-state index contributed by atoms with van der Waals surface area (Å²) in [6.07, 6.45) is 4.05. The average molecular weight is 249 g/mol. The largest absolute Gasteiger partial charge is 0.268 e. The second kappa shape index (κ2) is 4.53. The molecule has 1 aromatic heterocycles. The van der Waals surface area contributed by atoms with E-state index in [0.717, 1.165) is 11.6 Å². The highest BCUT2D eigenvalue weighted by Gasteiger charge is 2.15. The molecule has 0 unspecified atom stereocenters. The molecular weight excluding hydrogens is 232 g/mol. The third-order valence-electron chi connectivity index (χ3n) is 2.76. The van der Waals surface area contributed by atoms with Gasteiger partial charge >= 0.3 is 0 Å². The van der Waals surface area contributed by atoms with E-state index < -0.39 is 0 Å². The Morgan fingerprint density at radius 2 is 1.82 bits per heavy atom. The second-order valence-corrected chi connectivity index (χ2v) is 5.74. The number of benzene rings is 1. The normalized spacial score (nSPS) is 11.8. The maximum atomic E-state index is 5.86. The Labute approximate surface area is 107 Å². The molecule has 0 atom stereocenters. The van der Waals surface area contributed by atoms with E-state index in [1.165, 1.54) is 11.1 Å². The molecule has 3 heteroatoms. The van der Waals surface area contributed by atoms with Gasteiger partial charge < -0.3 is 0 Å². The van der Waals surface area contributed by atoms with Crippen LogP contribution in [0, 0.1) is 0 Å². The van der Waals surface area contributed by atoms with E-state index in [1.54, 1.807) is 0 Å². The molecule has 0 fully saturated rings. The van der Waals surface area contributed by atoms with E-state index >= 15 is 0 Å². The molecule has 0 aliphatic carbocycles. The predicted octanol–water partition coefficient (Wildman–Crippen LogP) is 3.88. The van der Waals surface area contributed by atoms with Crippen LogP contribution in [-0.4, -0.2) is 9.78 Å². The van der Waals surface area contributed by atoms with Crippen molar-refractivity contribution < 1.29 is 0 Å². The Kier molecular flexibility index (Phi) is 3.25. The Bertz CT molecular complexity index is 492. The van der Waals surface area contributed by atoms with Crippen molar-refractivity contribution in [3.8, 4) is 0 Å². The number of nitrogens with zero attached hydrogens (tertiary/aromatic N) is 2. The Hall–Kier alpha value is -1.28. The van der Waals surface area contributed by atoms with Crippen molar-refractivity contribution >= 4 is 11.6 Å². The van der Waals surface area contributed by atoms with E-state index in [2.05, 4.69) is 32.1 Å². The van der Waals surface area contributed by atoms with E-state index in [0.29, 0.717) is 0 Å². The van der Waals surface area contributed by atoms with Crippen molar-refractivity contribution in [2.45, 2.75) is 32.7 Å². The van der Waals surface area contributed by atoms with Crippen LogP contribution in [0.4, 0.5) is 0 Å². The fourth-order valence-corrected chi connectivity index (χ4v) is 1.74. The van der Waals surface area contributed by atoms with Gasteiger partial charge in [0.25, 0.3) is 0 Å². The van der Waals surface area contributed by atoms with Gasteiger partial charge in [-0.2, -0.15) is 5.10 Å². The topological polar surface area (TPSA) is 17.8 Å². The van der Waals surface area contributed by atoms with Crippen LogP contribution in [0.25, 0.3) is 0 Å². The number of halogens is 1. The monoisotopic (exact) mass is 248 g/mol. The molecule has 0 aliphatic rings. The molecule has 90 valence electrons. The van der Waals surface area contributed by atoms with Crippen molar-refractivity contribution in [1.29, 1.82) is 0 Å². The lowest BCUT2D eigenvalue weighted by Crippen LogP contribution is -2.09. The summed E-state index contributed by atoms with van der Waals surface area (Å²) in [6, 6.07) is 7.87. The van der Waals surface area contributed by atoms with Gasteiger partial charge in [-0.3, -0.25) is 4.68 Å². The fourth-order valence-electron chi connectivity index (χ4n) is 1.61. The van der Waals surface area contributed by atoms with Crippen LogP contribution in [0.3, 0.4) is 0 Å². The molecule has 0 spiro atoms. The lowest BCUT2D eigenvalue weighted by atomic mass is 9.90. The summed E-state index contributed by atoms with van der Waals surface area (Å²) in [5, 5.41) is 5.15. The minimum atomic E-state index is 0.151. The lowest BCUT2D eigenvalue weighted by Gasteiger charge is -2.15. The van der Waals surface area contributed by atoms with Crippen LogP contribution in [0.5, 0.6) is 0 Å². The molecule has 0 saturated carbocycles. The first-order valence-corrected chi connectivity index (χ1v) is 6.10. The van der Waals surface area contributed by atoms with Crippen LogP contribution in [0.2, 0.25) is 5.02 Å². The molecule has 0 radical (unpaired) electrons. The summed E-state index contributed by atoms with van der Waals surface area (Å²) in [7, 11) is 0. The van der Waals surface area contributed by atoms with Crippen molar-refractivity contribution in [2.75, 3.05) is 0 Å². The van der Waals surface area contributed by atoms with Crippen LogP contribution in [-0.2, 0) is 12.0 Å². The first kappa shape index (κ1) is 12.2. The molecule has 1 heterocycles. The first-order valence-electron chi connectivity index (χ1n) is 5.72. The highest BCUT2D eigenvalue weighted by atomic mass is 35.5. The standard InChI is InChI=1S/C14H17ClN2/c1-14(2,3)12-8-16-17(10-12)9-11-4-6-13(15)7-5-11/h4-8,10H,9H2,1-3H3. The molecule has 2 aromatic rings. The van der Waals surface area contributed by atoms with Crippen molar-refractivity contribution in [1.82, 2.24) is 9.78 Å². The summed E-state index contributed by atoms with van der Waals surface area (Å²) < 4.78 is 1.96. The lowest BCUT2D eigenvalue weighted by molar-refractivity contribution is 0.587. The number of hydrogen-bond donors (Lipinski definition) is 0. The number of hydrogen-bond acceptors (Lipinski definition) is 1. The molecule has 0 bridgehead atoms. The Morgan fingerprint density at radius 1 is 1.18 bits per heavy atom. The summed E-state index contributed by atoms with van der Waals surface area (Å²) in [6.45, 7) is 7.36. The third kappa shape index (κ3) is 3.10. The average Bonchev–Trinajstić information content (AvgIpc) is 2.69. The van der Waals surface area contributed by atoms with Gasteiger partial charge in [0.1, 0.15) is 0 Å². The molecular formula is C14H17ClN2. The molecule has 1 aromatic carbocycles. The van der Waals surface area contributed by atoms with Gasteiger partial charge in [0.15, 0.2) is 0 Å². The van der Waals surface area contributed by atoms with Crippen LogP contribution >= 0.6 is 11.6 Å². The highest BCUT2D eigenvalue weighted by Crippen LogP contribution is 2.21. The molecule has 0 aliphatic heterocycles. The van der Waals surface area contributed by atoms with E-state index in [-0.39, 0.29) is 5.41 Å². The maximum Gasteiger partial charge on any atom is 0.0659 e. The molecule has 2 nitrogen and oxygen atoms in total. The zero-order valence-electron chi connectivity index (χ0n) is 10.4. The fraction of sp³-hybridized carbons (Fsp3) is 0.357. The summed E-state index contributed by atoms with van der Waals surface area (Å²) >= 11 is 5.86. The third-order valence-corrected chi connectivity index (χ3v) is 3.01. The number of aromatic nitrogens is 2. The van der Waals surface area contributed by atoms with Gasteiger partial charge in [0.2, 0.25) is 0 Å². The minimum absolute atomic E-state index is 0.151. The highest BCUT2D eigenvalue weighted by molar-refractivity contribution is 6.30. The van der Waals surface area contributed by atoms with E-state index in [4.69, 9.17) is 11.6 Å². The van der Waals surface area contributed by atoms with Crippen LogP contribution < -0.4 is 0 Å². The number of rotatable bonds is 2. The summed E-state index contributed by atoms with van der Waals surface area (Å²) in [5.74, 6) is 0. The summed E-state index contributed by atoms with van der Waals surface area (Å²) in [5.41, 5.74) is 2.61. The van der Waals surface area contributed by atoms with Crippen LogP contribution in [0.1, 0.15) is 31.9 Å². The van der Waals surface area contributed by atoms with Gasteiger partial charge in [-0.25, -0.2) is 0 Å². The Morgan fingerprint density at radius 3 is 2.35 bits per heavy atom. The van der Waals surface area contributed by atoms with E-state index in [1.807, 2.05) is 35.1 Å². The molecule has 0 saturated heterocycles. The van der Waals surface area contributed by atoms with Gasteiger partial charge in [0.05, 0.1) is 12.7 Å². The molecule has 17 heavy (non-hydrogen) atoms. The molecule has 0 N–H and O–H groups in total. The van der Waals surface area contributed by atoms with Gasteiger partial charge in [0, 0.05) is 11.2 Å². The first-order chi connectivity index (χ1) is 7.95. The smallest absolute Gasteiger partial charge is 0.0659 e. The SMILES string of the molecule is CC(C)(C)c1cnn(Cc2ccc(Cl)cc2)c1. The van der Waals surface area contributed by atoms with Gasteiger partial charge in [-0.15, -0.1) is 0 Å². The van der Waals surface area contributed by atoms with Crippen molar-refractivity contribution in [3.05, 3.63) is 52.8 Å². The maximum absolute atomic E-state index is 5.86. The zero-order valence-corrected chi connectivity index (χ0v) is 11.2. The van der Waals surface area contributed by atoms with Crippen molar-refractivity contribution in [2.24, 2.45) is 0 Å². The molecule has 0 amide bonds.